The Morgan fingerprint density at radius 2 is 1.87 bits per heavy atom. The van der Waals surface area contributed by atoms with Gasteiger partial charge in [-0.1, -0.05) is 39.6 Å². The van der Waals surface area contributed by atoms with Crippen LogP contribution in [0.5, 0.6) is 0 Å². The van der Waals surface area contributed by atoms with E-state index in [1.165, 1.54) is 0 Å². The van der Waals surface area contributed by atoms with Crippen LogP contribution in [-0.2, 0) is 9.57 Å². The molecule has 5 rings (SSSR count). The smallest absolute Gasteiger partial charge is 0.233 e. The topological polar surface area (TPSA) is 92.7 Å². The van der Waals surface area contributed by atoms with Crippen molar-refractivity contribution < 1.29 is 14.8 Å². The Bertz CT molecular complexity index is 842. The minimum Gasteiger partial charge on any atom is -0.408 e. The van der Waals surface area contributed by atoms with Crippen LogP contribution < -0.4 is 5.73 Å². The van der Waals surface area contributed by atoms with E-state index in [4.69, 9.17) is 43.7 Å². The van der Waals surface area contributed by atoms with Gasteiger partial charge in [0.25, 0.3) is 0 Å². The number of piperidine rings is 1. The van der Waals surface area contributed by atoms with Gasteiger partial charge in [0.15, 0.2) is 0 Å². The van der Waals surface area contributed by atoms with Crippen molar-refractivity contribution >= 4 is 34.9 Å². The van der Waals surface area contributed by atoms with E-state index in [0.717, 1.165) is 49.8 Å². The van der Waals surface area contributed by atoms with Crippen molar-refractivity contribution in [3.8, 4) is 0 Å². The molecule has 0 aromatic heterocycles. The Morgan fingerprint density at radius 1 is 1.20 bits per heavy atom. The molecule has 1 saturated carbocycles. The molecule has 9 heteroatoms. The molecule has 2 saturated heterocycles. The number of ether oxygens (including phenoxy) is 1. The van der Waals surface area contributed by atoms with E-state index in [-0.39, 0.29) is 36.2 Å². The second kappa shape index (κ2) is 8.09. The highest BCUT2D eigenvalue weighted by molar-refractivity contribution is 6.40. The maximum absolute atomic E-state index is 9.07. The molecule has 3 N–H and O–H groups in total. The van der Waals surface area contributed by atoms with Gasteiger partial charge >= 0.3 is 0 Å². The molecule has 7 nitrogen and oxygen atoms in total. The number of fused-ring (bicyclic) bond motifs is 2. The molecule has 0 spiro atoms. The highest BCUT2D eigenvalue weighted by Gasteiger charge is 2.47. The first-order valence-electron chi connectivity index (χ1n) is 10.6. The summed E-state index contributed by atoms with van der Waals surface area (Å²) < 4.78 is 6.43. The summed E-state index contributed by atoms with van der Waals surface area (Å²) in [6.45, 7) is 0.523. The summed E-state index contributed by atoms with van der Waals surface area (Å²) in [6.07, 6.45) is 6.28. The van der Waals surface area contributed by atoms with E-state index < -0.39 is 0 Å². The van der Waals surface area contributed by atoms with Crippen molar-refractivity contribution in [3.05, 3.63) is 33.8 Å². The summed E-state index contributed by atoms with van der Waals surface area (Å²) in [6, 6.07) is 6.01. The zero-order valence-corrected chi connectivity index (χ0v) is 18.1. The molecule has 0 amide bonds. The number of nitrogens with two attached hydrogens (primary N) is 1. The zero-order chi connectivity index (χ0) is 20.8. The van der Waals surface area contributed by atoms with E-state index >= 15 is 0 Å². The van der Waals surface area contributed by atoms with Gasteiger partial charge < -0.3 is 25.4 Å². The summed E-state index contributed by atoms with van der Waals surface area (Å²) in [5.41, 5.74) is 7.43. The molecule has 3 fully saturated rings. The van der Waals surface area contributed by atoms with Crippen LogP contribution >= 0.6 is 23.2 Å². The van der Waals surface area contributed by atoms with Crippen molar-refractivity contribution in [1.29, 1.82) is 0 Å². The van der Waals surface area contributed by atoms with Gasteiger partial charge in [-0.15, -0.1) is 0 Å². The number of halogens is 2. The Morgan fingerprint density at radius 3 is 2.47 bits per heavy atom. The maximum Gasteiger partial charge on any atom is 0.233 e. The predicted molar refractivity (Wildman–Crippen MR) is 115 cm³/mol. The van der Waals surface area contributed by atoms with Gasteiger partial charge in [0.1, 0.15) is 6.10 Å². The highest BCUT2D eigenvalue weighted by Crippen LogP contribution is 2.44. The number of rotatable bonds is 5. The maximum atomic E-state index is 9.07. The number of guanidine groups is 1. The fourth-order valence-electron chi connectivity index (χ4n) is 5.33. The molecule has 2 unspecified atom stereocenters. The van der Waals surface area contributed by atoms with Crippen molar-refractivity contribution in [1.82, 2.24) is 4.90 Å². The molecular formula is C21H26Cl2N4O3. The van der Waals surface area contributed by atoms with Crippen LogP contribution in [0.4, 0.5) is 0 Å². The van der Waals surface area contributed by atoms with Crippen LogP contribution in [0.1, 0.15) is 44.1 Å². The minimum absolute atomic E-state index is 0.00894. The fourth-order valence-corrected chi connectivity index (χ4v) is 5.92. The van der Waals surface area contributed by atoms with Crippen LogP contribution in [0, 0.1) is 11.8 Å². The Balaban J connectivity index is 1.30. The summed E-state index contributed by atoms with van der Waals surface area (Å²) in [4.78, 5) is 7.89. The summed E-state index contributed by atoms with van der Waals surface area (Å²) in [5.74, 6) is 0.732. The number of hydrogen-bond acceptors (Lipinski definition) is 5. The van der Waals surface area contributed by atoms with E-state index in [1.54, 1.807) is 0 Å². The number of benzene rings is 1. The Kier molecular flexibility index (Phi) is 5.45. The van der Waals surface area contributed by atoms with Crippen molar-refractivity contribution in [3.63, 3.8) is 0 Å². The molecule has 3 aliphatic heterocycles. The molecule has 2 bridgehead atoms. The van der Waals surface area contributed by atoms with Crippen LogP contribution in [-0.4, -0.2) is 52.7 Å². The number of nitrogens with zero attached hydrogens (tertiary/aromatic N) is 3. The molecule has 1 aliphatic carbocycles. The predicted octanol–water partition coefficient (Wildman–Crippen LogP) is 3.84. The van der Waals surface area contributed by atoms with Gasteiger partial charge in [-0.3, -0.25) is 0 Å². The largest absolute Gasteiger partial charge is 0.408 e. The second-order valence-corrected chi connectivity index (χ2v) is 9.58. The van der Waals surface area contributed by atoms with Gasteiger partial charge in [-0.05, 0) is 56.6 Å². The Hall–Kier alpha value is -1.70. The monoisotopic (exact) mass is 452 g/mol. The first-order chi connectivity index (χ1) is 14.6. The van der Waals surface area contributed by atoms with Crippen molar-refractivity contribution in [2.75, 3.05) is 6.61 Å². The molecule has 162 valence electrons. The van der Waals surface area contributed by atoms with E-state index in [1.807, 2.05) is 23.1 Å². The quantitative estimate of drug-likeness (QED) is 0.306. The van der Waals surface area contributed by atoms with Crippen LogP contribution in [0.3, 0.4) is 0 Å². The normalized spacial score (nSPS) is 33.5. The van der Waals surface area contributed by atoms with Crippen LogP contribution in [0.15, 0.2) is 28.5 Å². The average Bonchev–Trinajstić information content (AvgIpc) is 3.44. The third kappa shape index (κ3) is 3.61. The molecule has 5 atom stereocenters. The van der Waals surface area contributed by atoms with Gasteiger partial charge in [0.2, 0.25) is 5.96 Å². The third-order valence-electron chi connectivity index (χ3n) is 6.89. The molecule has 1 aromatic rings. The highest BCUT2D eigenvalue weighted by atomic mass is 35.5. The Labute approximate surface area is 185 Å². The molecule has 4 aliphatic rings. The van der Waals surface area contributed by atoms with Gasteiger partial charge in [-0.25, -0.2) is 0 Å². The zero-order valence-electron chi connectivity index (χ0n) is 16.6. The lowest BCUT2D eigenvalue weighted by molar-refractivity contribution is -0.0359. The van der Waals surface area contributed by atoms with Crippen molar-refractivity contribution in [2.45, 2.75) is 62.8 Å². The second-order valence-electron chi connectivity index (χ2n) is 8.76. The summed E-state index contributed by atoms with van der Waals surface area (Å²) in [7, 11) is 0. The standard InChI is InChI=1S/C21H26Cl2N4O3/c22-16-2-1-3-17(23)18(16)19-15(20(30-26-19)11-4-5-11)10-29-14-8-12-6-7-13(9-14)27(12)21(24)25-28/h1-3,11-15,20,28H,4-10H2,(H2,24,25)/t12-,13+,14+,15?,20?. The van der Waals surface area contributed by atoms with Gasteiger partial charge in [-0.2, -0.15) is 0 Å². The fraction of sp³-hybridized carbons (Fsp3) is 0.619. The SMILES string of the molecule is N/C(=N\O)N1[C@@H]2CC[C@H]1C[C@@H](OCC1C(c3c(Cl)cccc3Cl)=NOC1C1CC1)C2. The summed E-state index contributed by atoms with van der Waals surface area (Å²) in [5, 5.41) is 17.8. The van der Waals surface area contributed by atoms with Crippen LogP contribution in [0.2, 0.25) is 10.0 Å². The summed E-state index contributed by atoms with van der Waals surface area (Å²) >= 11 is 12.9. The van der Waals surface area contributed by atoms with E-state index in [2.05, 4.69) is 10.3 Å². The lowest BCUT2D eigenvalue weighted by Crippen LogP contribution is -2.51. The lowest BCUT2D eigenvalue weighted by atomic mass is 9.90. The molecule has 30 heavy (non-hydrogen) atoms. The number of oxime groups is 2. The first-order valence-corrected chi connectivity index (χ1v) is 11.4. The minimum atomic E-state index is 0.00894. The average molecular weight is 453 g/mol. The molecule has 0 radical (unpaired) electrons. The lowest BCUT2D eigenvalue weighted by Gasteiger charge is -2.39. The third-order valence-corrected chi connectivity index (χ3v) is 7.52. The van der Waals surface area contributed by atoms with Crippen LogP contribution in [0.25, 0.3) is 0 Å². The van der Waals surface area contributed by atoms with Gasteiger partial charge in [0, 0.05) is 17.6 Å². The first kappa shape index (κ1) is 20.2. The van der Waals surface area contributed by atoms with E-state index in [9.17, 15) is 0 Å². The molecule has 1 aromatic carbocycles. The molecule has 3 heterocycles. The van der Waals surface area contributed by atoms with Crippen molar-refractivity contribution in [2.24, 2.45) is 27.9 Å². The van der Waals surface area contributed by atoms with E-state index in [0.29, 0.717) is 22.6 Å². The number of hydrogen-bond donors (Lipinski definition) is 2. The molecular weight excluding hydrogens is 427 g/mol. The van der Waals surface area contributed by atoms with Gasteiger partial charge in [0.05, 0.1) is 34.4 Å².